The number of rotatable bonds is 4. The van der Waals surface area contributed by atoms with Gasteiger partial charge in [0.25, 0.3) is 5.91 Å². The molecule has 1 aromatic heterocycles. The molecular weight excluding hydrogens is 351 g/mol. The fourth-order valence-electron chi connectivity index (χ4n) is 2.56. The number of hydrogen-bond donors (Lipinski definition) is 2. The van der Waals surface area contributed by atoms with Gasteiger partial charge in [-0.3, -0.25) is 4.79 Å². The van der Waals surface area contributed by atoms with Crippen molar-refractivity contribution < 1.29 is 9.32 Å². The van der Waals surface area contributed by atoms with Crippen molar-refractivity contribution in [2.24, 2.45) is 0 Å². The lowest BCUT2D eigenvalue weighted by Crippen LogP contribution is -2.41. The fraction of sp³-hybridized carbons (Fsp3) is 0.438. The van der Waals surface area contributed by atoms with E-state index in [1.54, 1.807) is 24.3 Å². The molecule has 0 radical (unpaired) electrons. The molecule has 2 heterocycles. The number of amides is 1. The molecule has 1 aliphatic heterocycles. The van der Waals surface area contributed by atoms with Crippen LogP contribution in [0.5, 0.6) is 0 Å². The molecule has 2 aromatic rings. The van der Waals surface area contributed by atoms with Crippen LogP contribution in [0.4, 0.5) is 0 Å². The largest absolute Gasteiger partial charge is 0.340 e. The maximum absolute atomic E-state index is 12.4. The summed E-state index contributed by atoms with van der Waals surface area (Å²) in [7, 11) is 0. The average Bonchev–Trinajstić information content (AvgIpc) is 3.18. The SMILES string of the molecule is CC(C)(NC(=O)c1cccc(Cl)c1)c1noc([C@H]2CCNC2)n1.Cl. The molecule has 1 amide bonds. The van der Waals surface area contributed by atoms with Crippen LogP contribution in [0.25, 0.3) is 0 Å². The minimum Gasteiger partial charge on any atom is -0.340 e. The molecule has 1 aliphatic rings. The molecule has 2 N–H and O–H groups in total. The lowest BCUT2D eigenvalue weighted by atomic mass is 10.0. The van der Waals surface area contributed by atoms with Crippen molar-refractivity contribution >= 4 is 29.9 Å². The van der Waals surface area contributed by atoms with E-state index in [0.717, 1.165) is 19.5 Å². The van der Waals surface area contributed by atoms with Crippen molar-refractivity contribution in [2.75, 3.05) is 13.1 Å². The summed E-state index contributed by atoms with van der Waals surface area (Å²) in [6.45, 7) is 5.49. The van der Waals surface area contributed by atoms with Gasteiger partial charge in [0, 0.05) is 17.1 Å². The van der Waals surface area contributed by atoms with E-state index in [9.17, 15) is 4.79 Å². The molecule has 0 bridgehead atoms. The standard InChI is InChI=1S/C16H19ClN4O2.ClH/c1-16(2,20-13(22)10-4-3-5-12(17)8-10)15-19-14(23-21-15)11-6-7-18-9-11;/h3-5,8,11,18H,6-7,9H2,1-2H3,(H,20,22);1H/t11-;/m0./s1. The van der Waals surface area contributed by atoms with Gasteiger partial charge in [-0.2, -0.15) is 4.98 Å². The Morgan fingerprint density at radius 3 is 2.92 bits per heavy atom. The summed E-state index contributed by atoms with van der Waals surface area (Å²) < 4.78 is 5.37. The number of hydrogen-bond acceptors (Lipinski definition) is 5. The second-order valence-electron chi connectivity index (χ2n) is 6.24. The third-order valence-electron chi connectivity index (χ3n) is 3.92. The first-order valence-corrected chi connectivity index (χ1v) is 7.96. The van der Waals surface area contributed by atoms with Gasteiger partial charge >= 0.3 is 0 Å². The smallest absolute Gasteiger partial charge is 0.252 e. The Kier molecular flexibility index (Phi) is 5.85. The van der Waals surface area contributed by atoms with Gasteiger partial charge in [-0.05, 0) is 45.0 Å². The minimum absolute atomic E-state index is 0. The van der Waals surface area contributed by atoms with Crippen molar-refractivity contribution in [3.63, 3.8) is 0 Å². The normalized spacial score (nSPS) is 17.4. The molecular formula is C16H20Cl2N4O2. The predicted octanol–water partition coefficient (Wildman–Crippen LogP) is 2.89. The fourth-order valence-corrected chi connectivity index (χ4v) is 2.75. The summed E-state index contributed by atoms with van der Waals surface area (Å²) in [6, 6.07) is 6.80. The third kappa shape index (κ3) is 4.06. The molecule has 1 atom stereocenters. The van der Waals surface area contributed by atoms with Crippen molar-refractivity contribution in [1.82, 2.24) is 20.8 Å². The van der Waals surface area contributed by atoms with Crippen LogP contribution in [0.2, 0.25) is 5.02 Å². The van der Waals surface area contributed by atoms with E-state index in [4.69, 9.17) is 16.1 Å². The van der Waals surface area contributed by atoms with Crippen LogP contribution in [0, 0.1) is 0 Å². The second kappa shape index (κ2) is 7.51. The summed E-state index contributed by atoms with van der Waals surface area (Å²) in [6.07, 6.45) is 0.983. The maximum Gasteiger partial charge on any atom is 0.252 e. The van der Waals surface area contributed by atoms with Crippen molar-refractivity contribution in [3.05, 3.63) is 46.6 Å². The van der Waals surface area contributed by atoms with Gasteiger partial charge in [-0.15, -0.1) is 12.4 Å². The van der Waals surface area contributed by atoms with Gasteiger partial charge in [-0.25, -0.2) is 0 Å². The summed E-state index contributed by atoms with van der Waals surface area (Å²) in [4.78, 5) is 16.9. The highest BCUT2D eigenvalue weighted by molar-refractivity contribution is 6.30. The Bertz CT molecular complexity index is 712. The van der Waals surface area contributed by atoms with Crippen molar-refractivity contribution in [2.45, 2.75) is 31.7 Å². The number of nitrogens with one attached hydrogen (secondary N) is 2. The molecule has 0 unspecified atom stereocenters. The number of halogens is 2. The van der Waals surface area contributed by atoms with E-state index < -0.39 is 5.54 Å². The Morgan fingerprint density at radius 2 is 2.25 bits per heavy atom. The highest BCUT2D eigenvalue weighted by Crippen LogP contribution is 2.24. The first kappa shape index (κ1) is 18.7. The summed E-state index contributed by atoms with van der Waals surface area (Å²) in [5.74, 6) is 1.10. The molecule has 1 saturated heterocycles. The van der Waals surface area contributed by atoms with E-state index in [1.165, 1.54) is 0 Å². The first-order chi connectivity index (χ1) is 11.0. The Morgan fingerprint density at radius 1 is 1.46 bits per heavy atom. The summed E-state index contributed by atoms with van der Waals surface area (Å²) >= 11 is 5.93. The monoisotopic (exact) mass is 370 g/mol. The zero-order valence-electron chi connectivity index (χ0n) is 13.5. The van der Waals surface area contributed by atoms with E-state index in [1.807, 2.05) is 13.8 Å². The lowest BCUT2D eigenvalue weighted by molar-refractivity contribution is 0.0907. The molecule has 1 fully saturated rings. The quantitative estimate of drug-likeness (QED) is 0.864. The zero-order chi connectivity index (χ0) is 16.4. The van der Waals surface area contributed by atoms with Crippen LogP contribution in [0.1, 0.15) is 48.3 Å². The molecule has 24 heavy (non-hydrogen) atoms. The number of benzene rings is 1. The van der Waals surface area contributed by atoms with Crippen LogP contribution in [0.15, 0.2) is 28.8 Å². The highest BCUT2D eigenvalue weighted by atomic mass is 35.5. The third-order valence-corrected chi connectivity index (χ3v) is 4.16. The highest BCUT2D eigenvalue weighted by Gasteiger charge is 2.31. The van der Waals surface area contributed by atoms with E-state index in [0.29, 0.717) is 22.3 Å². The van der Waals surface area contributed by atoms with Gasteiger partial charge < -0.3 is 15.2 Å². The predicted molar refractivity (Wildman–Crippen MR) is 93.7 cm³/mol. The van der Waals surface area contributed by atoms with E-state index >= 15 is 0 Å². The molecule has 0 saturated carbocycles. The van der Waals surface area contributed by atoms with Gasteiger partial charge in [-0.1, -0.05) is 22.8 Å². The lowest BCUT2D eigenvalue weighted by Gasteiger charge is -2.22. The molecule has 0 spiro atoms. The molecule has 130 valence electrons. The molecule has 8 heteroatoms. The first-order valence-electron chi connectivity index (χ1n) is 7.58. The Balaban J connectivity index is 0.00000208. The van der Waals surface area contributed by atoms with E-state index in [-0.39, 0.29) is 24.2 Å². The second-order valence-corrected chi connectivity index (χ2v) is 6.67. The number of aromatic nitrogens is 2. The Labute approximate surface area is 151 Å². The van der Waals surface area contributed by atoms with Crippen LogP contribution < -0.4 is 10.6 Å². The number of carbonyl (C=O) groups excluding carboxylic acids is 1. The number of carbonyl (C=O) groups is 1. The van der Waals surface area contributed by atoms with Gasteiger partial charge in [0.05, 0.1) is 11.5 Å². The topological polar surface area (TPSA) is 80.0 Å². The van der Waals surface area contributed by atoms with Gasteiger partial charge in [0.15, 0.2) is 5.82 Å². The van der Waals surface area contributed by atoms with Crippen molar-refractivity contribution in [3.8, 4) is 0 Å². The molecule has 1 aromatic carbocycles. The van der Waals surface area contributed by atoms with Crippen molar-refractivity contribution in [1.29, 1.82) is 0 Å². The number of nitrogens with zero attached hydrogens (tertiary/aromatic N) is 2. The van der Waals surface area contributed by atoms with Gasteiger partial charge in [0.2, 0.25) is 5.89 Å². The summed E-state index contributed by atoms with van der Waals surface area (Å²) in [5.41, 5.74) is -0.248. The Hall–Kier alpha value is -1.63. The zero-order valence-corrected chi connectivity index (χ0v) is 15.1. The van der Waals surface area contributed by atoms with Gasteiger partial charge in [0.1, 0.15) is 0 Å². The van der Waals surface area contributed by atoms with Crippen LogP contribution in [-0.4, -0.2) is 29.1 Å². The van der Waals surface area contributed by atoms with Crippen LogP contribution in [0.3, 0.4) is 0 Å². The minimum atomic E-state index is -0.743. The summed E-state index contributed by atoms with van der Waals surface area (Å²) in [5, 5.41) is 10.8. The molecule has 3 rings (SSSR count). The average molecular weight is 371 g/mol. The molecule has 0 aliphatic carbocycles. The maximum atomic E-state index is 12.4. The van der Waals surface area contributed by atoms with Crippen LogP contribution in [-0.2, 0) is 5.54 Å². The van der Waals surface area contributed by atoms with E-state index in [2.05, 4.69) is 20.8 Å². The molecule has 6 nitrogen and oxygen atoms in total. The van der Waals surface area contributed by atoms with Crippen LogP contribution >= 0.6 is 24.0 Å².